The van der Waals surface area contributed by atoms with E-state index in [1.165, 1.54) is 0 Å². The van der Waals surface area contributed by atoms with Gasteiger partial charge in [-0.1, -0.05) is 12.1 Å². The van der Waals surface area contributed by atoms with Crippen molar-refractivity contribution in [1.29, 1.82) is 10.5 Å². The van der Waals surface area contributed by atoms with Gasteiger partial charge in [0.05, 0.1) is 25.3 Å². The largest absolute Gasteiger partial charge is 0.269 e. The van der Waals surface area contributed by atoms with Crippen molar-refractivity contribution in [3.05, 3.63) is 105 Å². The highest BCUT2D eigenvalue weighted by Crippen LogP contribution is 2.25. The normalized spacial score (nSPS) is 12.0. The maximum atomic E-state index is 14.6. The molecule has 0 unspecified atom stereocenters. The van der Waals surface area contributed by atoms with Crippen LogP contribution in [0.1, 0.15) is 0 Å². The molecule has 0 spiro atoms. The number of nitriles is 2. The lowest BCUT2D eigenvalue weighted by molar-refractivity contribution is 0.602. The van der Waals surface area contributed by atoms with E-state index in [2.05, 4.69) is 9.69 Å². The Labute approximate surface area is 179 Å². The Kier molecular flexibility index (Phi) is 6.02. The van der Waals surface area contributed by atoms with Crippen LogP contribution in [0.2, 0.25) is 0 Å². The molecule has 3 rings (SSSR count). The third-order valence-electron chi connectivity index (χ3n) is 4.54. The summed E-state index contributed by atoms with van der Waals surface area (Å²) in [4.78, 5) is 6.19. The highest BCUT2D eigenvalue weighted by molar-refractivity contribution is 5.82. The van der Waals surface area contributed by atoms with Gasteiger partial charge in [-0.05, 0) is 47.5 Å². The monoisotopic (exact) mass is 428 g/mol. The van der Waals surface area contributed by atoms with Crippen molar-refractivity contribution < 1.29 is 17.6 Å². The summed E-state index contributed by atoms with van der Waals surface area (Å²) in [5.74, 6) is -3.42. The lowest BCUT2D eigenvalue weighted by Crippen LogP contribution is -2.19. The third kappa shape index (κ3) is 3.90. The van der Waals surface area contributed by atoms with E-state index in [-0.39, 0.29) is 32.7 Å². The Hall–Kier alpha value is -4.92. The molecule has 0 aliphatic rings. The van der Waals surface area contributed by atoms with Gasteiger partial charge < -0.3 is 0 Å². The molecule has 0 atom stereocenters. The summed E-state index contributed by atoms with van der Waals surface area (Å²) in [6, 6.07) is 10.5. The van der Waals surface area contributed by atoms with E-state index >= 15 is 0 Å². The minimum absolute atomic E-state index is 0.165. The molecule has 3 aromatic carbocycles. The molecule has 3 aromatic rings. The smallest absolute Gasteiger partial charge is 0.226 e. The molecular weight excluding hydrogens is 420 g/mol. The zero-order valence-corrected chi connectivity index (χ0v) is 15.9. The topological polar surface area (TPSA) is 56.3 Å². The fourth-order valence-electron chi connectivity index (χ4n) is 3.14. The summed E-state index contributed by atoms with van der Waals surface area (Å²) in [5, 5.41) is 18.4. The van der Waals surface area contributed by atoms with Crippen molar-refractivity contribution in [1.82, 2.24) is 0 Å². The molecule has 0 aliphatic carbocycles. The van der Waals surface area contributed by atoms with Crippen molar-refractivity contribution >= 4 is 11.4 Å². The maximum absolute atomic E-state index is 14.6. The van der Waals surface area contributed by atoms with Gasteiger partial charge in [0.15, 0.2) is 0 Å². The molecule has 0 fully saturated rings. The third-order valence-corrected chi connectivity index (χ3v) is 4.54. The van der Waals surface area contributed by atoms with Crippen LogP contribution in [0.4, 0.5) is 17.6 Å². The lowest BCUT2D eigenvalue weighted by Gasteiger charge is -2.12. The summed E-state index contributed by atoms with van der Waals surface area (Å²) in [6.07, 6.45) is 0. The molecule has 0 aliphatic heterocycles. The number of rotatable bonds is 2. The first-order chi connectivity index (χ1) is 15.3. The van der Waals surface area contributed by atoms with Gasteiger partial charge in [-0.15, -0.1) is 0 Å². The van der Waals surface area contributed by atoms with E-state index in [0.29, 0.717) is 0 Å². The van der Waals surface area contributed by atoms with E-state index in [1.807, 2.05) is 0 Å². The van der Waals surface area contributed by atoms with Gasteiger partial charge in [0, 0.05) is 21.6 Å². The summed E-state index contributed by atoms with van der Waals surface area (Å²) in [6.45, 7) is 14.5. The van der Waals surface area contributed by atoms with Crippen molar-refractivity contribution in [3.63, 3.8) is 0 Å². The van der Waals surface area contributed by atoms with Crippen molar-refractivity contribution in [2.75, 3.05) is 0 Å². The van der Waals surface area contributed by atoms with Crippen LogP contribution in [0.15, 0.2) is 48.5 Å². The fourth-order valence-corrected chi connectivity index (χ4v) is 3.14. The average Bonchev–Trinajstić information content (AvgIpc) is 2.79. The number of hydrogen-bond acceptors (Lipinski definition) is 2. The van der Waals surface area contributed by atoms with Crippen molar-refractivity contribution in [3.8, 4) is 34.4 Å². The number of halogens is 4. The molecule has 152 valence electrons. The highest BCUT2D eigenvalue weighted by atomic mass is 19.1. The molecular formula is C24H8F4N4. The first-order valence-electron chi connectivity index (χ1n) is 8.73. The second kappa shape index (κ2) is 8.84. The SMILES string of the molecule is [C-]#[N+]/C(C#N)=c1/cc(-c2cc(F)ccc2F)/c(=C(\C#N)[N+]#[C-])cc1-c1cc(F)ccc1F. The highest BCUT2D eigenvalue weighted by Gasteiger charge is 2.17. The number of hydrogen-bond donors (Lipinski definition) is 0. The van der Waals surface area contributed by atoms with Crippen LogP contribution in [0.3, 0.4) is 0 Å². The van der Waals surface area contributed by atoms with Crippen LogP contribution in [0, 0.1) is 59.1 Å². The van der Waals surface area contributed by atoms with Crippen LogP contribution in [-0.2, 0) is 0 Å². The number of benzene rings is 3. The first-order valence-corrected chi connectivity index (χ1v) is 8.73. The Balaban J connectivity index is 2.69. The Morgan fingerprint density at radius 3 is 1.31 bits per heavy atom. The number of nitrogens with zero attached hydrogens (tertiary/aromatic N) is 4. The summed E-state index contributed by atoms with van der Waals surface area (Å²) in [7, 11) is 0. The Bertz CT molecular complexity index is 1410. The molecule has 4 nitrogen and oxygen atoms in total. The van der Waals surface area contributed by atoms with Crippen molar-refractivity contribution in [2.45, 2.75) is 0 Å². The Morgan fingerprint density at radius 2 is 1.00 bits per heavy atom. The Morgan fingerprint density at radius 1 is 0.625 bits per heavy atom. The minimum Gasteiger partial charge on any atom is -0.226 e. The lowest BCUT2D eigenvalue weighted by atomic mass is 9.93. The molecule has 0 radical (unpaired) electrons. The van der Waals surface area contributed by atoms with E-state index in [1.54, 1.807) is 12.1 Å². The zero-order valence-electron chi connectivity index (χ0n) is 15.9. The zero-order chi connectivity index (χ0) is 23.4. The second-order valence-corrected chi connectivity index (χ2v) is 6.34. The molecule has 0 heterocycles. The molecule has 8 heteroatoms. The van der Waals surface area contributed by atoms with E-state index in [0.717, 1.165) is 48.5 Å². The summed E-state index contributed by atoms with van der Waals surface area (Å²) >= 11 is 0. The molecule has 0 saturated carbocycles. The fraction of sp³-hybridized carbons (Fsp3) is 0. The molecule has 0 N–H and O–H groups in total. The predicted molar refractivity (Wildman–Crippen MR) is 108 cm³/mol. The standard InChI is InChI=1S/C24H8F4N4/c1-31-23(11-29)19-9-16(18-8-14(26)4-6-22(18)28)20(24(12-30)32-2)10-15(19)17-7-13(25)3-5-21(17)27/h3-10H/b23-19-,24-20+. The van der Waals surface area contributed by atoms with Crippen LogP contribution >= 0.6 is 0 Å². The van der Waals surface area contributed by atoms with Gasteiger partial charge in [0.1, 0.15) is 23.3 Å². The maximum Gasteiger partial charge on any atom is 0.269 e. The average molecular weight is 428 g/mol. The van der Waals surface area contributed by atoms with Crippen LogP contribution in [-0.4, -0.2) is 0 Å². The first kappa shape index (κ1) is 21.8. The van der Waals surface area contributed by atoms with Gasteiger partial charge in [-0.3, -0.25) is 0 Å². The summed E-state index contributed by atoms with van der Waals surface area (Å²) < 4.78 is 56.9. The van der Waals surface area contributed by atoms with Crippen LogP contribution in [0.25, 0.3) is 43.3 Å². The van der Waals surface area contributed by atoms with Crippen molar-refractivity contribution in [2.24, 2.45) is 0 Å². The molecule has 0 saturated heterocycles. The van der Waals surface area contributed by atoms with Gasteiger partial charge in [-0.2, -0.15) is 0 Å². The molecule has 32 heavy (non-hydrogen) atoms. The molecule has 0 aromatic heterocycles. The van der Waals surface area contributed by atoms with Gasteiger partial charge >= 0.3 is 0 Å². The molecule has 0 amide bonds. The van der Waals surface area contributed by atoms with Gasteiger partial charge in [0.2, 0.25) is 0 Å². The van der Waals surface area contributed by atoms with Crippen LogP contribution < -0.4 is 10.4 Å². The van der Waals surface area contributed by atoms with E-state index in [4.69, 9.17) is 13.1 Å². The quantitative estimate of drug-likeness (QED) is 0.440. The molecule has 0 bridgehead atoms. The second-order valence-electron chi connectivity index (χ2n) is 6.34. The van der Waals surface area contributed by atoms with E-state index < -0.39 is 34.7 Å². The van der Waals surface area contributed by atoms with E-state index in [9.17, 15) is 28.1 Å². The predicted octanol–water partition coefficient (Wildman–Crippen LogP) is 4.68. The van der Waals surface area contributed by atoms with Gasteiger partial charge in [0.25, 0.3) is 11.4 Å². The van der Waals surface area contributed by atoms with Gasteiger partial charge in [-0.25, -0.2) is 37.8 Å². The minimum atomic E-state index is -0.896. The van der Waals surface area contributed by atoms with Crippen LogP contribution in [0.5, 0.6) is 0 Å². The summed E-state index contributed by atoms with van der Waals surface area (Å²) in [5.41, 5.74) is -2.08.